The highest BCUT2D eigenvalue weighted by atomic mass is 16.3. The maximum Gasteiger partial charge on any atom is 0.0934 e. The van der Waals surface area contributed by atoms with Gasteiger partial charge in [-0.1, -0.05) is 13.3 Å². The van der Waals surface area contributed by atoms with E-state index in [0.29, 0.717) is 5.41 Å². The van der Waals surface area contributed by atoms with Crippen molar-refractivity contribution in [2.24, 2.45) is 5.41 Å². The molecule has 0 spiro atoms. The molecule has 1 aromatic heterocycles. The summed E-state index contributed by atoms with van der Waals surface area (Å²) in [7, 11) is 0. The van der Waals surface area contributed by atoms with Crippen molar-refractivity contribution in [3.63, 3.8) is 0 Å². The molecule has 2 nitrogen and oxygen atoms in total. The van der Waals surface area contributed by atoms with Crippen LogP contribution in [0.3, 0.4) is 0 Å². The van der Waals surface area contributed by atoms with Gasteiger partial charge in [-0.05, 0) is 49.3 Å². The summed E-state index contributed by atoms with van der Waals surface area (Å²) < 4.78 is 5.13. The third-order valence-electron chi connectivity index (χ3n) is 3.50. The molecule has 0 radical (unpaired) electrons. The Hall–Kier alpha value is -0.760. The lowest BCUT2D eigenvalue weighted by molar-refractivity contribution is 0.130. The largest absolute Gasteiger partial charge is 0.472 e. The van der Waals surface area contributed by atoms with Crippen LogP contribution in [-0.4, -0.2) is 13.1 Å². The second kappa shape index (κ2) is 4.84. The van der Waals surface area contributed by atoms with E-state index >= 15 is 0 Å². The van der Waals surface area contributed by atoms with Gasteiger partial charge in [0.2, 0.25) is 0 Å². The molecule has 0 unspecified atom stereocenters. The molecule has 0 amide bonds. The molecule has 1 aliphatic carbocycles. The van der Waals surface area contributed by atoms with Crippen molar-refractivity contribution < 1.29 is 4.42 Å². The predicted octanol–water partition coefficient (Wildman–Crippen LogP) is 2.99. The van der Waals surface area contributed by atoms with Crippen molar-refractivity contribution in [2.75, 3.05) is 13.1 Å². The normalized spacial score (nSPS) is 18.7. The summed E-state index contributed by atoms with van der Waals surface area (Å²) in [6.45, 7) is 4.54. The Bertz CT molecular complexity index is 275. The van der Waals surface area contributed by atoms with Gasteiger partial charge in [0.15, 0.2) is 0 Å². The van der Waals surface area contributed by atoms with Crippen LogP contribution >= 0.6 is 0 Å². The van der Waals surface area contributed by atoms with Crippen molar-refractivity contribution in [3.05, 3.63) is 24.2 Å². The average Bonchev–Trinajstić information content (AvgIpc) is 2.66. The van der Waals surface area contributed by atoms with Crippen LogP contribution in [0.25, 0.3) is 0 Å². The minimum atomic E-state index is 0.527. The maximum absolute atomic E-state index is 5.13. The van der Waals surface area contributed by atoms with Crippen molar-refractivity contribution in [1.29, 1.82) is 0 Å². The zero-order chi connectivity index (χ0) is 10.6. The van der Waals surface area contributed by atoms with Crippen LogP contribution in [0, 0.1) is 5.41 Å². The summed E-state index contributed by atoms with van der Waals surface area (Å²) in [6, 6.07) is 2.10. The summed E-state index contributed by atoms with van der Waals surface area (Å²) in [5, 5.41) is 3.56. The Morgan fingerprint density at radius 2 is 2.33 bits per heavy atom. The van der Waals surface area contributed by atoms with Crippen LogP contribution in [0.5, 0.6) is 0 Å². The van der Waals surface area contributed by atoms with E-state index in [-0.39, 0.29) is 0 Å². The highest BCUT2D eigenvalue weighted by Gasteiger charge is 2.36. The van der Waals surface area contributed by atoms with Gasteiger partial charge in [0.05, 0.1) is 12.5 Å². The molecule has 1 aromatic rings. The summed E-state index contributed by atoms with van der Waals surface area (Å²) in [5.41, 5.74) is 1.88. The Labute approximate surface area is 92.1 Å². The van der Waals surface area contributed by atoms with Crippen LogP contribution in [0.15, 0.2) is 23.0 Å². The third-order valence-corrected chi connectivity index (χ3v) is 3.50. The molecule has 0 aromatic carbocycles. The minimum absolute atomic E-state index is 0.527. The van der Waals surface area contributed by atoms with Gasteiger partial charge in [0.25, 0.3) is 0 Å². The van der Waals surface area contributed by atoms with E-state index in [0.717, 1.165) is 6.54 Å². The van der Waals surface area contributed by atoms with E-state index in [9.17, 15) is 0 Å². The molecule has 0 aliphatic heterocycles. The van der Waals surface area contributed by atoms with Gasteiger partial charge < -0.3 is 9.73 Å². The monoisotopic (exact) mass is 207 g/mol. The van der Waals surface area contributed by atoms with Gasteiger partial charge in [-0.2, -0.15) is 0 Å². The summed E-state index contributed by atoms with van der Waals surface area (Å²) in [6.07, 6.45) is 10.2. The molecular formula is C13H21NO. The smallest absolute Gasteiger partial charge is 0.0934 e. The van der Waals surface area contributed by atoms with Gasteiger partial charge >= 0.3 is 0 Å². The molecular weight excluding hydrogens is 186 g/mol. The number of furan rings is 1. The molecule has 1 N–H and O–H groups in total. The lowest BCUT2D eigenvalue weighted by Crippen LogP contribution is -2.41. The fraction of sp³-hybridized carbons (Fsp3) is 0.692. The standard InChI is InChI=1S/C13H21NO/c1-2-7-14-11-13(5-3-6-13)9-12-4-8-15-10-12/h4,8,10,14H,2-3,5-7,9,11H2,1H3. The minimum Gasteiger partial charge on any atom is -0.472 e. The van der Waals surface area contributed by atoms with Crippen LogP contribution in [0.4, 0.5) is 0 Å². The lowest BCUT2D eigenvalue weighted by Gasteiger charge is -2.42. The third kappa shape index (κ3) is 2.63. The van der Waals surface area contributed by atoms with Crippen LogP contribution < -0.4 is 5.32 Å². The van der Waals surface area contributed by atoms with Crippen molar-refractivity contribution >= 4 is 0 Å². The van der Waals surface area contributed by atoms with Gasteiger partial charge in [-0.15, -0.1) is 0 Å². The zero-order valence-electron chi connectivity index (χ0n) is 9.59. The fourth-order valence-electron chi connectivity index (χ4n) is 2.45. The Kier molecular flexibility index (Phi) is 3.47. The highest BCUT2D eigenvalue weighted by Crippen LogP contribution is 2.43. The molecule has 0 saturated heterocycles. The van der Waals surface area contributed by atoms with Crippen LogP contribution in [0.2, 0.25) is 0 Å². The van der Waals surface area contributed by atoms with Crippen molar-refractivity contribution in [3.8, 4) is 0 Å². The molecule has 2 rings (SSSR count). The number of nitrogens with one attached hydrogen (secondary N) is 1. The van der Waals surface area contributed by atoms with Gasteiger partial charge in [0.1, 0.15) is 0 Å². The van der Waals surface area contributed by atoms with E-state index in [2.05, 4.69) is 18.3 Å². The number of rotatable bonds is 6. The first kappa shape index (κ1) is 10.7. The summed E-state index contributed by atoms with van der Waals surface area (Å²) in [4.78, 5) is 0. The number of hydrogen-bond donors (Lipinski definition) is 1. The fourth-order valence-corrected chi connectivity index (χ4v) is 2.45. The topological polar surface area (TPSA) is 25.2 Å². The summed E-state index contributed by atoms with van der Waals surface area (Å²) >= 11 is 0. The molecule has 1 fully saturated rings. The predicted molar refractivity (Wildman–Crippen MR) is 61.9 cm³/mol. The van der Waals surface area contributed by atoms with E-state index in [1.165, 1.54) is 44.2 Å². The molecule has 1 saturated carbocycles. The second-order valence-electron chi connectivity index (χ2n) is 4.84. The Morgan fingerprint density at radius 3 is 2.87 bits per heavy atom. The van der Waals surface area contributed by atoms with Gasteiger partial charge in [-0.3, -0.25) is 0 Å². The van der Waals surface area contributed by atoms with E-state index in [1.807, 2.05) is 6.26 Å². The van der Waals surface area contributed by atoms with E-state index in [1.54, 1.807) is 6.26 Å². The van der Waals surface area contributed by atoms with Gasteiger partial charge in [-0.25, -0.2) is 0 Å². The Morgan fingerprint density at radius 1 is 1.47 bits per heavy atom. The molecule has 15 heavy (non-hydrogen) atoms. The first-order chi connectivity index (χ1) is 7.35. The highest BCUT2D eigenvalue weighted by molar-refractivity contribution is 5.10. The van der Waals surface area contributed by atoms with Crippen LogP contribution in [0.1, 0.15) is 38.2 Å². The molecule has 0 atom stereocenters. The molecule has 84 valence electrons. The van der Waals surface area contributed by atoms with Crippen molar-refractivity contribution in [1.82, 2.24) is 5.32 Å². The lowest BCUT2D eigenvalue weighted by atomic mass is 9.65. The van der Waals surface area contributed by atoms with E-state index in [4.69, 9.17) is 4.42 Å². The SMILES string of the molecule is CCCNCC1(Cc2ccoc2)CCC1. The molecule has 2 heteroatoms. The second-order valence-corrected chi connectivity index (χ2v) is 4.84. The maximum atomic E-state index is 5.13. The first-order valence-corrected chi connectivity index (χ1v) is 6.06. The summed E-state index contributed by atoms with van der Waals surface area (Å²) in [5.74, 6) is 0. The zero-order valence-corrected chi connectivity index (χ0v) is 9.59. The van der Waals surface area contributed by atoms with Crippen molar-refractivity contribution in [2.45, 2.75) is 39.0 Å². The average molecular weight is 207 g/mol. The quantitative estimate of drug-likeness (QED) is 0.725. The molecule has 1 aliphatic rings. The van der Waals surface area contributed by atoms with Crippen LogP contribution in [-0.2, 0) is 6.42 Å². The number of hydrogen-bond acceptors (Lipinski definition) is 2. The first-order valence-electron chi connectivity index (χ1n) is 6.06. The Balaban J connectivity index is 1.85. The molecule has 1 heterocycles. The van der Waals surface area contributed by atoms with Gasteiger partial charge in [0, 0.05) is 6.54 Å². The molecule has 0 bridgehead atoms. The van der Waals surface area contributed by atoms with E-state index < -0.39 is 0 Å².